The maximum atomic E-state index is 12.5. The molecular formula is C22H32Cl2N2O2. The number of hydrogen-bond acceptors (Lipinski definition) is 3. The van der Waals surface area contributed by atoms with Crippen LogP contribution in [-0.4, -0.2) is 53.7 Å². The first kappa shape index (κ1) is 23.2. The molecule has 1 aromatic rings. The minimum absolute atomic E-state index is 0. The average Bonchev–Trinajstić information content (AvgIpc) is 2.66. The molecule has 1 amide bonds. The van der Waals surface area contributed by atoms with E-state index in [2.05, 4.69) is 4.90 Å². The van der Waals surface area contributed by atoms with Crippen molar-refractivity contribution in [2.45, 2.75) is 63.8 Å². The molecule has 1 saturated carbocycles. The number of benzene rings is 1. The summed E-state index contributed by atoms with van der Waals surface area (Å²) in [5.41, 5.74) is 0.626. The van der Waals surface area contributed by atoms with Crippen molar-refractivity contribution in [3.63, 3.8) is 0 Å². The molecule has 1 aliphatic heterocycles. The predicted molar refractivity (Wildman–Crippen MR) is 117 cm³/mol. The van der Waals surface area contributed by atoms with Gasteiger partial charge in [0, 0.05) is 55.6 Å². The Bertz CT molecular complexity index is 620. The van der Waals surface area contributed by atoms with E-state index in [4.69, 9.17) is 11.6 Å². The third kappa shape index (κ3) is 6.75. The van der Waals surface area contributed by atoms with E-state index in [1.165, 1.54) is 44.9 Å². The smallest absolute Gasteiger partial charge is 0.223 e. The quantitative estimate of drug-likeness (QED) is 0.623. The highest BCUT2D eigenvalue weighted by Gasteiger charge is 2.26. The second-order valence-corrected chi connectivity index (χ2v) is 8.28. The molecule has 0 radical (unpaired) electrons. The van der Waals surface area contributed by atoms with Gasteiger partial charge in [0.2, 0.25) is 5.91 Å². The van der Waals surface area contributed by atoms with Crippen molar-refractivity contribution in [2.24, 2.45) is 0 Å². The number of hydrogen-bond donors (Lipinski definition) is 0. The fraction of sp³-hybridized carbons (Fsp3) is 0.636. The van der Waals surface area contributed by atoms with Crippen LogP contribution < -0.4 is 0 Å². The van der Waals surface area contributed by atoms with Gasteiger partial charge in [-0.3, -0.25) is 14.5 Å². The van der Waals surface area contributed by atoms with Gasteiger partial charge in [-0.2, -0.15) is 0 Å². The summed E-state index contributed by atoms with van der Waals surface area (Å²) in [6, 6.07) is 7.58. The van der Waals surface area contributed by atoms with E-state index in [0.29, 0.717) is 23.0 Å². The highest BCUT2D eigenvalue weighted by atomic mass is 35.5. The predicted octanol–water partition coefficient (Wildman–Crippen LogP) is 4.98. The van der Waals surface area contributed by atoms with E-state index in [9.17, 15) is 9.59 Å². The van der Waals surface area contributed by atoms with E-state index in [-0.39, 0.29) is 30.5 Å². The number of carbonyl (C=O) groups is 2. The van der Waals surface area contributed by atoms with E-state index < -0.39 is 0 Å². The number of nitrogens with zero attached hydrogens (tertiary/aromatic N) is 2. The maximum absolute atomic E-state index is 12.5. The third-order valence-corrected chi connectivity index (χ3v) is 6.24. The van der Waals surface area contributed by atoms with Crippen molar-refractivity contribution >= 4 is 35.7 Å². The van der Waals surface area contributed by atoms with Crippen LogP contribution in [0, 0.1) is 0 Å². The second kappa shape index (κ2) is 11.8. The molecule has 1 saturated heterocycles. The lowest BCUT2D eigenvalue weighted by Crippen LogP contribution is -2.52. The third-order valence-electron chi connectivity index (χ3n) is 5.99. The summed E-state index contributed by atoms with van der Waals surface area (Å²) in [7, 11) is 0. The molecule has 1 heterocycles. The van der Waals surface area contributed by atoms with E-state index in [0.717, 1.165) is 26.2 Å². The number of halogens is 2. The maximum Gasteiger partial charge on any atom is 0.223 e. The van der Waals surface area contributed by atoms with Crippen LogP contribution in [-0.2, 0) is 4.79 Å². The Morgan fingerprint density at radius 1 is 0.857 bits per heavy atom. The standard InChI is InChI=1S/C22H31ClN2O2.ClH/c23-19-10-8-18(9-11-19)21(26)12-13-22(27)25-16-14-24(15-17-25)20-6-4-2-1-3-5-7-20;/h8-11,20H,1-7,12-17H2;1H. The van der Waals surface area contributed by atoms with Crippen molar-refractivity contribution in [2.75, 3.05) is 26.2 Å². The Balaban J connectivity index is 0.00000280. The topological polar surface area (TPSA) is 40.6 Å². The number of amides is 1. The van der Waals surface area contributed by atoms with Gasteiger partial charge in [0.1, 0.15) is 0 Å². The molecule has 4 nitrogen and oxygen atoms in total. The normalized spacial score (nSPS) is 19.4. The van der Waals surface area contributed by atoms with Gasteiger partial charge >= 0.3 is 0 Å². The lowest BCUT2D eigenvalue weighted by molar-refractivity contribution is -0.133. The summed E-state index contributed by atoms with van der Waals surface area (Å²) >= 11 is 5.85. The van der Waals surface area contributed by atoms with Crippen molar-refractivity contribution in [1.82, 2.24) is 9.80 Å². The first-order valence-corrected chi connectivity index (χ1v) is 10.8. The summed E-state index contributed by atoms with van der Waals surface area (Å²) in [5, 5.41) is 0.616. The Labute approximate surface area is 180 Å². The van der Waals surface area contributed by atoms with E-state index in [1.807, 2.05) is 4.90 Å². The zero-order valence-corrected chi connectivity index (χ0v) is 18.1. The number of piperazine rings is 1. The number of ketones is 1. The molecule has 0 unspecified atom stereocenters. The molecule has 2 aliphatic rings. The molecule has 0 N–H and O–H groups in total. The van der Waals surface area contributed by atoms with Crippen molar-refractivity contribution in [3.8, 4) is 0 Å². The molecule has 3 rings (SSSR count). The molecule has 28 heavy (non-hydrogen) atoms. The summed E-state index contributed by atoms with van der Waals surface area (Å²) in [6.45, 7) is 3.54. The van der Waals surface area contributed by atoms with Crippen LogP contribution in [0.5, 0.6) is 0 Å². The molecule has 0 bridgehead atoms. The lowest BCUT2D eigenvalue weighted by Gasteiger charge is -2.40. The Morgan fingerprint density at radius 3 is 2.04 bits per heavy atom. The molecule has 6 heteroatoms. The van der Waals surface area contributed by atoms with Crippen molar-refractivity contribution in [3.05, 3.63) is 34.9 Å². The fourth-order valence-corrected chi connectivity index (χ4v) is 4.42. The van der Waals surface area contributed by atoms with Gasteiger partial charge in [-0.15, -0.1) is 12.4 Å². The monoisotopic (exact) mass is 426 g/mol. The summed E-state index contributed by atoms with van der Waals surface area (Å²) in [6.07, 6.45) is 10.0. The number of Topliss-reactive ketones (excluding diaryl/α,β-unsaturated/α-hetero) is 1. The van der Waals surface area contributed by atoms with Crippen LogP contribution in [0.3, 0.4) is 0 Å². The fourth-order valence-electron chi connectivity index (χ4n) is 4.29. The molecule has 0 aromatic heterocycles. The Hall–Kier alpha value is -1.10. The summed E-state index contributed by atoms with van der Waals surface area (Å²) in [5.74, 6) is 0.114. The van der Waals surface area contributed by atoms with Crippen molar-refractivity contribution < 1.29 is 9.59 Å². The Kier molecular flexibility index (Phi) is 9.76. The summed E-state index contributed by atoms with van der Waals surface area (Å²) in [4.78, 5) is 29.3. The van der Waals surface area contributed by atoms with Crippen LogP contribution >= 0.6 is 24.0 Å². The molecule has 1 aromatic carbocycles. The SMILES string of the molecule is Cl.O=C(CCC(=O)N1CCN(C2CCCCCCC2)CC1)c1ccc(Cl)cc1. The van der Waals surface area contributed by atoms with Gasteiger partial charge in [-0.1, -0.05) is 43.7 Å². The first-order valence-electron chi connectivity index (χ1n) is 10.4. The largest absolute Gasteiger partial charge is 0.340 e. The number of carbonyl (C=O) groups excluding carboxylic acids is 2. The minimum Gasteiger partial charge on any atom is -0.340 e. The average molecular weight is 427 g/mol. The zero-order valence-electron chi connectivity index (χ0n) is 16.6. The second-order valence-electron chi connectivity index (χ2n) is 7.85. The molecule has 0 spiro atoms. The highest BCUT2D eigenvalue weighted by molar-refractivity contribution is 6.30. The molecule has 2 fully saturated rings. The zero-order chi connectivity index (χ0) is 19.1. The highest BCUT2D eigenvalue weighted by Crippen LogP contribution is 2.22. The van der Waals surface area contributed by atoms with Gasteiger partial charge in [0.05, 0.1) is 0 Å². The van der Waals surface area contributed by atoms with E-state index >= 15 is 0 Å². The molecule has 156 valence electrons. The van der Waals surface area contributed by atoms with Crippen LogP contribution in [0.25, 0.3) is 0 Å². The molecular weight excluding hydrogens is 395 g/mol. The Morgan fingerprint density at radius 2 is 1.43 bits per heavy atom. The lowest BCUT2D eigenvalue weighted by atomic mass is 9.95. The van der Waals surface area contributed by atoms with Gasteiger partial charge in [0.15, 0.2) is 5.78 Å². The van der Waals surface area contributed by atoms with E-state index in [1.54, 1.807) is 24.3 Å². The van der Waals surface area contributed by atoms with Crippen LogP contribution in [0.4, 0.5) is 0 Å². The van der Waals surface area contributed by atoms with Crippen molar-refractivity contribution in [1.29, 1.82) is 0 Å². The van der Waals surface area contributed by atoms with Gasteiger partial charge in [-0.25, -0.2) is 0 Å². The van der Waals surface area contributed by atoms with Crippen LogP contribution in [0.2, 0.25) is 5.02 Å². The van der Waals surface area contributed by atoms with Gasteiger partial charge in [0.25, 0.3) is 0 Å². The summed E-state index contributed by atoms with van der Waals surface area (Å²) < 4.78 is 0. The van der Waals surface area contributed by atoms with Crippen LogP contribution in [0.1, 0.15) is 68.1 Å². The molecule has 1 aliphatic carbocycles. The van der Waals surface area contributed by atoms with Crippen LogP contribution in [0.15, 0.2) is 24.3 Å². The number of rotatable bonds is 5. The first-order chi connectivity index (χ1) is 13.1. The van der Waals surface area contributed by atoms with Gasteiger partial charge in [-0.05, 0) is 37.1 Å². The molecule has 0 atom stereocenters. The van der Waals surface area contributed by atoms with Gasteiger partial charge < -0.3 is 4.90 Å². The minimum atomic E-state index is 0.